The first-order valence-electron chi connectivity index (χ1n) is 13.4. The van der Waals surface area contributed by atoms with E-state index >= 15 is 4.39 Å². The summed E-state index contributed by atoms with van der Waals surface area (Å²) < 4.78 is 20.8. The van der Waals surface area contributed by atoms with E-state index in [1.54, 1.807) is 18.2 Å². The predicted molar refractivity (Wildman–Crippen MR) is 156 cm³/mol. The van der Waals surface area contributed by atoms with Crippen molar-refractivity contribution in [3.05, 3.63) is 72.2 Å². The molecule has 7 heteroatoms. The highest BCUT2D eigenvalue weighted by atomic mass is 19.1. The second kappa shape index (κ2) is 14.4. The number of furan rings is 1. The van der Waals surface area contributed by atoms with Gasteiger partial charge in [0.25, 0.3) is 5.91 Å². The van der Waals surface area contributed by atoms with E-state index in [-0.39, 0.29) is 34.4 Å². The molecule has 206 valence electrons. The van der Waals surface area contributed by atoms with E-state index in [0.29, 0.717) is 17.0 Å². The summed E-state index contributed by atoms with van der Waals surface area (Å²) in [5, 5.41) is 9.83. The molecule has 1 aliphatic heterocycles. The molecule has 6 nitrogen and oxygen atoms in total. The third kappa shape index (κ3) is 7.24. The van der Waals surface area contributed by atoms with Gasteiger partial charge in [-0.1, -0.05) is 52.8 Å². The highest BCUT2D eigenvalue weighted by molar-refractivity contribution is 6.26. The molecule has 1 amide bonds. The normalized spacial score (nSPS) is 16.7. The lowest BCUT2D eigenvalue weighted by atomic mass is 10.0. The fraction of sp³-hybridized carbons (Fsp3) is 0.419. The van der Waals surface area contributed by atoms with Crippen LogP contribution in [0.4, 0.5) is 4.39 Å². The van der Waals surface area contributed by atoms with Crippen LogP contribution in [0.5, 0.6) is 0 Å². The largest absolute Gasteiger partial charge is 0.505 e. The molecule has 0 radical (unpaired) electrons. The van der Waals surface area contributed by atoms with Crippen LogP contribution in [0.25, 0.3) is 22.3 Å². The summed E-state index contributed by atoms with van der Waals surface area (Å²) in [4.78, 5) is 21.3. The van der Waals surface area contributed by atoms with Gasteiger partial charge in [0.1, 0.15) is 17.2 Å². The van der Waals surface area contributed by atoms with Gasteiger partial charge in [-0.05, 0) is 63.0 Å². The van der Waals surface area contributed by atoms with Crippen molar-refractivity contribution in [2.45, 2.75) is 72.8 Å². The molecule has 3 rings (SSSR count). The van der Waals surface area contributed by atoms with Crippen LogP contribution < -0.4 is 0 Å². The van der Waals surface area contributed by atoms with Crippen molar-refractivity contribution in [1.82, 2.24) is 9.80 Å². The molecule has 1 N–H and O–H groups in total. The van der Waals surface area contributed by atoms with Crippen molar-refractivity contribution in [1.29, 1.82) is 0 Å². The number of halogens is 1. The van der Waals surface area contributed by atoms with Gasteiger partial charge >= 0.3 is 0 Å². The Kier molecular flexibility index (Phi) is 11.6. The van der Waals surface area contributed by atoms with Crippen LogP contribution in [0.2, 0.25) is 0 Å². The molecular weight excluding hydrogens is 481 g/mol. The first-order valence-corrected chi connectivity index (χ1v) is 13.4. The quantitative estimate of drug-likeness (QED) is 0.216. The van der Waals surface area contributed by atoms with Crippen LogP contribution >= 0.6 is 0 Å². The molecule has 1 unspecified atom stereocenters. The average Bonchev–Trinajstić information content (AvgIpc) is 3.24. The molecule has 0 spiro atoms. The summed E-state index contributed by atoms with van der Waals surface area (Å²) in [6, 6.07) is 4.78. The predicted octanol–water partition coefficient (Wildman–Crippen LogP) is 8.09. The summed E-state index contributed by atoms with van der Waals surface area (Å²) in [5.41, 5.74) is 1.96. The van der Waals surface area contributed by atoms with Crippen LogP contribution in [0.3, 0.4) is 0 Å². The van der Waals surface area contributed by atoms with Crippen LogP contribution in [0.15, 0.2) is 64.4 Å². The smallest absolute Gasteiger partial charge is 0.265 e. The number of fused-ring (bicyclic) bond motifs is 1. The standard InChI is InChI=1S/C29H36FN3O3.C2H6/c1-7-22(8-2)32(6)27(31-18-28(35)33-15-11-9-10-12-20(33)4)16-19(3)23-13-14-25-24(29(23)30)17-26(36-25)21(5)34;1-2/h7,13-14,16-18,20,34H,3,5,8-12,15H2,1-2,4,6H3;1-2H3/b22-7-,27-16-,31-18+;. The molecule has 1 atom stereocenters. The highest BCUT2D eigenvalue weighted by Crippen LogP contribution is 2.31. The zero-order valence-corrected chi connectivity index (χ0v) is 23.7. The lowest BCUT2D eigenvalue weighted by molar-refractivity contribution is -0.125. The van der Waals surface area contributed by atoms with Gasteiger partial charge in [-0.2, -0.15) is 0 Å². The van der Waals surface area contributed by atoms with Gasteiger partial charge in [0, 0.05) is 30.9 Å². The van der Waals surface area contributed by atoms with Crippen LogP contribution in [0.1, 0.15) is 78.0 Å². The molecule has 1 aromatic carbocycles. The van der Waals surface area contributed by atoms with Crippen LogP contribution in [0, 0.1) is 5.82 Å². The van der Waals surface area contributed by atoms with Crippen molar-refractivity contribution >= 4 is 34.4 Å². The van der Waals surface area contributed by atoms with E-state index in [9.17, 15) is 9.90 Å². The molecule has 0 bridgehead atoms. The summed E-state index contributed by atoms with van der Waals surface area (Å²) in [7, 11) is 1.86. The number of aliphatic imine (C=N–C) groups is 1. The SMILES string of the molecule is C=C(O)c1cc2c(F)c(C(=C)/C=C(/N=C/C(=O)N3CCCCCC3C)N(C)/C(=C\C)CC)ccc2o1.CC. The van der Waals surface area contributed by atoms with Crippen molar-refractivity contribution in [2.24, 2.45) is 4.99 Å². The Hall–Kier alpha value is -3.61. The molecule has 1 aliphatic rings. The molecule has 1 fully saturated rings. The third-order valence-corrected chi connectivity index (χ3v) is 6.68. The molecule has 2 heterocycles. The van der Waals surface area contributed by atoms with E-state index in [1.807, 2.05) is 50.6 Å². The Bertz CT molecular complexity index is 1240. The first-order chi connectivity index (χ1) is 18.2. The van der Waals surface area contributed by atoms with Gasteiger partial charge in [0.15, 0.2) is 11.5 Å². The summed E-state index contributed by atoms with van der Waals surface area (Å²) in [6.45, 7) is 18.3. The van der Waals surface area contributed by atoms with Crippen molar-refractivity contribution in [2.75, 3.05) is 13.6 Å². The molecule has 2 aromatic rings. The lowest BCUT2D eigenvalue weighted by Gasteiger charge is -2.26. The number of amides is 1. The molecule has 0 saturated carbocycles. The third-order valence-electron chi connectivity index (χ3n) is 6.68. The highest BCUT2D eigenvalue weighted by Gasteiger charge is 2.21. The van der Waals surface area contributed by atoms with Gasteiger partial charge in [-0.15, -0.1) is 0 Å². The number of likely N-dealkylation sites (tertiary alicyclic amines) is 1. The van der Waals surface area contributed by atoms with Gasteiger partial charge in [-0.3, -0.25) is 4.79 Å². The minimum absolute atomic E-state index is 0.106. The maximum absolute atomic E-state index is 15.4. The molecule has 1 aromatic heterocycles. The molecular formula is C31H42FN3O3. The fourth-order valence-corrected chi connectivity index (χ4v) is 4.50. The Morgan fingerprint density at radius 1 is 1.29 bits per heavy atom. The van der Waals surface area contributed by atoms with Gasteiger partial charge in [0.05, 0.1) is 11.6 Å². The number of carbonyl (C=O) groups excluding carboxylic acids is 1. The van der Waals surface area contributed by atoms with Gasteiger partial charge < -0.3 is 19.3 Å². The van der Waals surface area contributed by atoms with E-state index in [0.717, 1.165) is 44.3 Å². The number of carbonyl (C=O) groups is 1. The van der Waals surface area contributed by atoms with Crippen molar-refractivity contribution in [3.63, 3.8) is 0 Å². The van der Waals surface area contributed by atoms with E-state index in [2.05, 4.69) is 25.1 Å². The number of nitrogens with zero attached hydrogens (tertiary/aromatic N) is 3. The second-order valence-corrected chi connectivity index (χ2v) is 9.10. The average molecular weight is 524 g/mol. The Morgan fingerprint density at radius 2 is 2.00 bits per heavy atom. The molecule has 1 saturated heterocycles. The topological polar surface area (TPSA) is 69.3 Å². The number of allylic oxidation sites excluding steroid dienone is 4. The first kappa shape index (κ1) is 30.6. The Balaban J connectivity index is 0.00000247. The van der Waals surface area contributed by atoms with Crippen molar-refractivity contribution < 1.29 is 18.7 Å². The zero-order valence-electron chi connectivity index (χ0n) is 23.7. The fourth-order valence-electron chi connectivity index (χ4n) is 4.50. The maximum Gasteiger partial charge on any atom is 0.265 e. The number of hydrogen-bond donors (Lipinski definition) is 1. The number of aliphatic hydroxyl groups is 1. The number of hydrogen-bond acceptors (Lipinski definition) is 5. The van der Waals surface area contributed by atoms with E-state index in [1.165, 1.54) is 12.3 Å². The van der Waals surface area contributed by atoms with Crippen molar-refractivity contribution in [3.8, 4) is 0 Å². The van der Waals surface area contributed by atoms with Gasteiger partial charge in [0.2, 0.25) is 0 Å². The number of aliphatic hydroxyl groups excluding tert-OH is 1. The van der Waals surface area contributed by atoms with Gasteiger partial charge in [-0.25, -0.2) is 9.38 Å². The second-order valence-electron chi connectivity index (χ2n) is 9.10. The lowest BCUT2D eigenvalue weighted by Crippen LogP contribution is -2.39. The summed E-state index contributed by atoms with van der Waals surface area (Å²) in [5.74, 6) is -0.343. The molecule has 0 aliphatic carbocycles. The zero-order chi connectivity index (χ0) is 28.4. The molecule has 38 heavy (non-hydrogen) atoms. The summed E-state index contributed by atoms with van der Waals surface area (Å²) in [6.07, 6.45) is 9.98. The number of benzene rings is 1. The van der Waals surface area contributed by atoms with Crippen LogP contribution in [-0.2, 0) is 4.79 Å². The summed E-state index contributed by atoms with van der Waals surface area (Å²) >= 11 is 0. The Labute approximate surface area is 226 Å². The Morgan fingerprint density at radius 3 is 2.63 bits per heavy atom. The number of rotatable bonds is 8. The van der Waals surface area contributed by atoms with E-state index < -0.39 is 5.82 Å². The van der Waals surface area contributed by atoms with Crippen LogP contribution in [-0.4, -0.2) is 46.7 Å². The minimum atomic E-state index is -0.521. The minimum Gasteiger partial charge on any atom is -0.505 e. The monoisotopic (exact) mass is 523 g/mol. The maximum atomic E-state index is 15.4. The van der Waals surface area contributed by atoms with E-state index in [4.69, 9.17) is 4.42 Å².